The van der Waals surface area contributed by atoms with Gasteiger partial charge >= 0.3 is 0 Å². The maximum absolute atomic E-state index is 13.0. The predicted octanol–water partition coefficient (Wildman–Crippen LogP) is 4.55. The molecule has 0 aliphatic heterocycles. The van der Waals surface area contributed by atoms with E-state index in [2.05, 4.69) is 26.6 Å². The Kier molecular flexibility index (Phi) is 7.08. The average Bonchev–Trinajstić information content (AvgIpc) is 2.51. The van der Waals surface area contributed by atoms with Crippen molar-refractivity contribution in [3.05, 3.63) is 57.8 Å². The van der Waals surface area contributed by atoms with E-state index >= 15 is 0 Å². The zero-order valence-electron chi connectivity index (χ0n) is 12.3. The van der Waals surface area contributed by atoms with Gasteiger partial charge in [-0.1, -0.05) is 33.6 Å². The second-order valence-electron chi connectivity index (χ2n) is 4.73. The molecule has 126 valence electrons. The molecule has 0 aliphatic carbocycles. The lowest BCUT2D eigenvalue weighted by Gasteiger charge is -2.07. The SMILES string of the molecule is O=C(CSCC(=O)Nc1ccc(F)c(Cl)c1)Nc1cccc(Br)c1. The highest BCUT2D eigenvalue weighted by molar-refractivity contribution is 9.10. The minimum Gasteiger partial charge on any atom is -0.325 e. The summed E-state index contributed by atoms with van der Waals surface area (Å²) in [5.41, 5.74) is 1.09. The molecule has 0 atom stereocenters. The van der Waals surface area contributed by atoms with Crippen LogP contribution < -0.4 is 10.6 Å². The van der Waals surface area contributed by atoms with Crippen molar-refractivity contribution < 1.29 is 14.0 Å². The van der Waals surface area contributed by atoms with Crippen LogP contribution in [-0.2, 0) is 9.59 Å². The Morgan fingerprint density at radius 1 is 1.04 bits per heavy atom. The Balaban J connectivity index is 1.73. The summed E-state index contributed by atoms with van der Waals surface area (Å²) in [5.74, 6) is -0.799. The van der Waals surface area contributed by atoms with Gasteiger partial charge in [0.15, 0.2) is 0 Å². The first-order chi connectivity index (χ1) is 11.4. The molecule has 0 aromatic heterocycles. The maximum Gasteiger partial charge on any atom is 0.234 e. The van der Waals surface area contributed by atoms with E-state index < -0.39 is 5.82 Å². The number of carbonyl (C=O) groups is 2. The number of rotatable bonds is 6. The zero-order chi connectivity index (χ0) is 17.5. The Morgan fingerprint density at radius 3 is 2.25 bits per heavy atom. The molecule has 2 aromatic carbocycles. The van der Waals surface area contributed by atoms with Gasteiger partial charge in [0.05, 0.1) is 16.5 Å². The number of thioether (sulfide) groups is 1. The fourth-order valence-electron chi connectivity index (χ4n) is 1.77. The van der Waals surface area contributed by atoms with Gasteiger partial charge in [-0.05, 0) is 36.4 Å². The van der Waals surface area contributed by atoms with Crippen molar-refractivity contribution in [2.45, 2.75) is 0 Å². The summed E-state index contributed by atoms with van der Waals surface area (Å²) in [6, 6.07) is 11.2. The number of halogens is 3. The number of carbonyl (C=O) groups excluding carboxylic acids is 2. The summed E-state index contributed by atoms with van der Waals surface area (Å²) in [6.07, 6.45) is 0. The number of anilines is 2. The summed E-state index contributed by atoms with van der Waals surface area (Å²) in [5, 5.41) is 5.27. The van der Waals surface area contributed by atoms with E-state index in [1.165, 1.54) is 30.0 Å². The lowest BCUT2D eigenvalue weighted by Crippen LogP contribution is -2.18. The molecule has 0 unspecified atom stereocenters. The third kappa shape index (κ3) is 6.14. The highest BCUT2D eigenvalue weighted by Crippen LogP contribution is 2.19. The molecule has 0 fully saturated rings. The van der Waals surface area contributed by atoms with Crippen LogP contribution in [0.4, 0.5) is 15.8 Å². The van der Waals surface area contributed by atoms with Crippen LogP contribution in [0.5, 0.6) is 0 Å². The lowest BCUT2D eigenvalue weighted by molar-refractivity contribution is -0.114. The van der Waals surface area contributed by atoms with Gasteiger partial charge in [-0.25, -0.2) is 4.39 Å². The van der Waals surface area contributed by atoms with Gasteiger partial charge in [0.2, 0.25) is 11.8 Å². The Bertz CT molecular complexity index is 761. The van der Waals surface area contributed by atoms with Gasteiger partial charge in [0.1, 0.15) is 5.82 Å². The molecular formula is C16H13BrClFN2O2S. The van der Waals surface area contributed by atoms with E-state index in [-0.39, 0.29) is 28.3 Å². The number of amides is 2. The average molecular weight is 432 g/mol. The number of nitrogens with one attached hydrogen (secondary N) is 2. The van der Waals surface area contributed by atoms with Gasteiger partial charge in [-0.15, -0.1) is 11.8 Å². The normalized spacial score (nSPS) is 10.3. The standard InChI is InChI=1S/C16H13BrClFN2O2S/c17-10-2-1-3-11(6-10)20-15(22)8-24-9-16(23)21-12-4-5-14(19)13(18)7-12/h1-7H,8-9H2,(H,20,22)(H,21,23). The molecule has 0 saturated carbocycles. The fraction of sp³-hybridized carbons (Fsp3) is 0.125. The van der Waals surface area contributed by atoms with E-state index in [1.54, 1.807) is 12.1 Å². The lowest BCUT2D eigenvalue weighted by atomic mass is 10.3. The number of hydrogen-bond acceptors (Lipinski definition) is 3. The van der Waals surface area contributed by atoms with E-state index in [1.807, 2.05) is 12.1 Å². The second kappa shape index (κ2) is 9.05. The number of hydrogen-bond donors (Lipinski definition) is 2. The molecule has 2 aromatic rings. The minimum atomic E-state index is -0.548. The molecule has 8 heteroatoms. The molecule has 0 saturated heterocycles. The molecule has 0 radical (unpaired) electrons. The van der Waals surface area contributed by atoms with Crippen molar-refractivity contribution in [3.8, 4) is 0 Å². The van der Waals surface area contributed by atoms with E-state index in [0.717, 1.165) is 4.47 Å². The second-order valence-corrected chi connectivity index (χ2v) is 7.04. The topological polar surface area (TPSA) is 58.2 Å². The quantitative estimate of drug-likeness (QED) is 0.705. The molecular weight excluding hydrogens is 419 g/mol. The Morgan fingerprint density at radius 2 is 1.67 bits per heavy atom. The van der Waals surface area contributed by atoms with Crippen molar-refractivity contribution in [1.29, 1.82) is 0 Å². The summed E-state index contributed by atoms with van der Waals surface area (Å²) in [7, 11) is 0. The van der Waals surface area contributed by atoms with Gasteiger partial charge in [0.25, 0.3) is 0 Å². The summed E-state index contributed by atoms with van der Waals surface area (Å²) in [6.45, 7) is 0. The van der Waals surface area contributed by atoms with Crippen molar-refractivity contribution in [3.63, 3.8) is 0 Å². The van der Waals surface area contributed by atoms with Crippen LogP contribution in [0.25, 0.3) is 0 Å². The Labute approximate surface area is 156 Å². The molecule has 2 amide bonds. The Hall–Kier alpha value is -1.57. The van der Waals surface area contributed by atoms with Gasteiger partial charge in [-0.2, -0.15) is 0 Å². The monoisotopic (exact) mass is 430 g/mol. The molecule has 4 nitrogen and oxygen atoms in total. The molecule has 24 heavy (non-hydrogen) atoms. The molecule has 0 spiro atoms. The van der Waals surface area contributed by atoms with Crippen LogP contribution in [0.1, 0.15) is 0 Å². The van der Waals surface area contributed by atoms with E-state index in [9.17, 15) is 14.0 Å². The van der Waals surface area contributed by atoms with Crippen molar-refractivity contribution in [2.75, 3.05) is 22.1 Å². The molecule has 0 bridgehead atoms. The van der Waals surface area contributed by atoms with Crippen LogP contribution in [0.3, 0.4) is 0 Å². The van der Waals surface area contributed by atoms with E-state index in [4.69, 9.17) is 11.6 Å². The van der Waals surface area contributed by atoms with Gasteiger partial charge in [0, 0.05) is 15.8 Å². The third-order valence-corrected chi connectivity index (χ3v) is 4.49. The van der Waals surface area contributed by atoms with Crippen LogP contribution in [-0.4, -0.2) is 23.3 Å². The van der Waals surface area contributed by atoms with Crippen molar-refractivity contribution in [2.24, 2.45) is 0 Å². The first kappa shape index (κ1) is 18.8. The molecule has 0 heterocycles. The largest absolute Gasteiger partial charge is 0.325 e. The first-order valence-electron chi connectivity index (χ1n) is 6.82. The molecule has 2 N–H and O–H groups in total. The summed E-state index contributed by atoms with van der Waals surface area (Å²) in [4.78, 5) is 23.6. The summed E-state index contributed by atoms with van der Waals surface area (Å²) < 4.78 is 13.9. The van der Waals surface area contributed by atoms with Crippen molar-refractivity contribution >= 4 is 62.5 Å². The molecule has 2 rings (SSSR count). The smallest absolute Gasteiger partial charge is 0.234 e. The highest BCUT2D eigenvalue weighted by Gasteiger charge is 2.08. The van der Waals surface area contributed by atoms with Gasteiger partial charge < -0.3 is 10.6 Å². The van der Waals surface area contributed by atoms with Crippen molar-refractivity contribution in [1.82, 2.24) is 0 Å². The van der Waals surface area contributed by atoms with Crippen LogP contribution in [0.2, 0.25) is 5.02 Å². The fourth-order valence-corrected chi connectivity index (χ4v) is 2.97. The predicted molar refractivity (Wildman–Crippen MR) is 100 cm³/mol. The zero-order valence-corrected chi connectivity index (χ0v) is 15.5. The minimum absolute atomic E-state index is 0.0612. The van der Waals surface area contributed by atoms with E-state index in [0.29, 0.717) is 11.4 Å². The number of benzene rings is 2. The maximum atomic E-state index is 13.0. The molecule has 0 aliphatic rings. The van der Waals surface area contributed by atoms with Gasteiger partial charge in [-0.3, -0.25) is 9.59 Å². The van der Waals surface area contributed by atoms with Crippen LogP contribution >= 0.6 is 39.3 Å². The first-order valence-corrected chi connectivity index (χ1v) is 9.14. The third-order valence-electron chi connectivity index (χ3n) is 2.78. The van der Waals surface area contributed by atoms with Crippen LogP contribution in [0, 0.1) is 5.82 Å². The summed E-state index contributed by atoms with van der Waals surface area (Å²) >= 11 is 10.1. The highest BCUT2D eigenvalue weighted by atomic mass is 79.9. The van der Waals surface area contributed by atoms with Crippen LogP contribution in [0.15, 0.2) is 46.9 Å².